The van der Waals surface area contributed by atoms with Gasteiger partial charge in [-0.15, -0.1) is 0 Å². The Balaban J connectivity index is -0.00000000992. The average molecular weight is 718 g/mol. The zero-order chi connectivity index (χ0) is 17.8. The van der Waals surface area contributed by atoms with Crippen LogP contribution in [-0.2, 0) is 14.4 Å². The van der Waals surface area contributed by atoms with Crippen molar-refractivity contribution in [2.45, 2.75) is 18.4 Å². The number of aliphatic hydroxyl groups is 1. The SMILES string of the molecule is O=C([O-])CC(O)(CC(=O)[O-])C(=O)[O-].O=C([O-])O.O=C([O-])[O-].[Ca+2].[Ca+2].[Cl-].[Cl-].[Cl-].[K+].[K+].[K+].[Mg+2].[Na+].[Na+].[OH-].[OH-]. The molecule has 0 aliphatic rings. The number of carbonyl (C=O) groups is 5. The van der Waals surface area contributed by atoms with Crippen molar-refractivity contribution < 1.29 is 326 Å². The molecule has 0 atom stereocenters. The van der Waals surface area contributed by atoms with Gasteiger partial charge in [-0.25, -0.2) is 0 Å². The van der Waals surface area contributed by atoms with Crippen LogP contribution in [0.3, 0.4) is 0 Å². The van der Waals surface area contributed by atoms with E-state index in [4.69, 9.17) is 35.1 Å². The summed E-state index contributed by atoms with van der Waals surface area (Å²) in [5.41, 5.74) is -2.97. The molecule has 0 saturated carbocycles. The molecule has 0 heterocycles. The second-order valence-corrected chi connectivity index (χ2v) is 2.93. The molecule has 0 aromatic heterocycles. The molecule has 162 valence electrons. The number of hydrogen-bond donors (Lipinski definition) is 2. The van der Waals surface area contributed by atoms with E-state index in [9.17, 15) is 29.7 Å². The summed E-state index contributed by atoms with van der Waals surface area (Å²) in [4.78, 5) is 46.8. The van der Waals surface area contributed by atoms with Gasteiger partial charge < -0.3 is 113 Å². The Morgan fingerprint density at radius 1 is 0.647 bits per heavy atom. The molecule has 0 spiro atoms. The van der Waals surface area contributed by atoms with Crippen molar-refractivity contribution in [3.63, 3.8) is 0 Å². The number of rotatable bonds is 5. The summed E-state index contributed by atoms with van der Waals surface area (Å²) in [5.74, 6) is -5.98. The van der Waals surface area contributed by atoms with Gasteiger partial charge in [-0.05, 0) is 6.16 Å². The van der Waals surface area contributed by atoms with Crippen LogP contribution < -0.4 is 281 Å². The Morgan fingerprint density at radius 3 is 0.824 bits per heavy atom. The van der Waals surface area contributed by atoms with Gasteiger partial charge in [0.1, 0.15) is 5.60 Å². The quantitative estimate of drug-likeness (QED) is 0.249. The molecule has 0 fully saturated rings. The van der Waals surface area contributed by atoms with Gasteiger partial charge in [0, 0.05) is 24.8 Å². The van der Waals surface area contributed by atoms with Gasteiger partial charge >= 0.3 is 312 Å². The molecule has 0 rings (SSSR count). The van der Waals surface area contributed by atoms with E-state index in [0.29, 0.717) is 0 Å². The van der Waals surface area contributed by atoms with E-state index < -0.39 is 48.7 Å². The van der Waals surface area contributed by atoms with Gasteiger partial charge in [0.25, 0.3) is 0 Å². The van der Waals surface area contributed by atoms with Crippen LogP contribution in [0.5, 0.6) is 0 Å². The first-order chi connectivity index (χ1) is 9.24. The van der Waals surface area contributed by atoms with Gasteiger partial charge in [-0.1, -0.05) is 0 Å². The van der Waals surface area contributed by atoms with Gasteiger partial charge in [0.2, 0.25) is 6.16 Å². The second-order valence-electron chi connectivity index (χ2n) is 2.93. The van der Waals surface area contributed by atoms with Crippen LogP contribution in [0, 0.1) is 0 Å². The molecule has 0 aromatic rings. The van der Waals surface area contributed by atoms with E-state index in [1.165, 1.54) is 0 Å². The van der Waals surface area contributed by atoms with Gasteiger partial charge in [-0.3, -0.25) is 0 Å². The Morgan fingerprint density at radius 2 is 0.765 bits per heavy atom. The minimum atomic E-state index is -2.97. The molecule has 4 N–H and O–H groups in total. The maximum absolute atomic E-state index is 10.1. The molecule has 0 amide bonds. The zero-order valence-electron chi connectivity index (χ0n) is 18.9. The molecule has 34 heavy (non-hydrogen) atoms. The second kappa shape index (κ2) is 68.2. The summed E-state index contributed by atoms with van der Waals surface area (Å²) in [6.07, 6.45) is -7.13. The fourth-order valence-corrected chi connectivity index (χ4v) is 0.684. The first kappa shape index (κ1) is 104. The van der Waals surface area contributed by atoms with E-state index >= 15 is 0 Å². The van der Waals surface area contributed by atoms with Crippen LogP contribution in [0.4, 0.5) is 9.59 Å². The summed E-state index contributed by atoms with van der Waals surface area (Å²) >= 11 is 0. The average Bonchev–Trinajstić information content (AvgIpc) is 2.11. The van der Waals surface area contributed by atoms with E-state index in [0.717, 1.165) is 0 Å². The topological polar surface area (TPSA) is 324 Å². The number of carbonyl (C=O) groups excluding carboxylic acids is 4. The molecule has 0 saturated heterocycles. The Kier molecular flexibility index (Phi) is 210. The molecule has 15 nitrogen and oxygen atoms in total. The standard InChI is InChI=1S/C6H8O7.2CH2O3.2Ca.3ClH.3K.Mg.2Na.2H2O/c7-3(8)1-6(13,5(11)12)2-4(9)10;2*2-1(3)4;;;;;;;;;;;;;/h13H,1-2H2,(H,7,8)(H,9,10)(H,11,12);2*(H2,2,3,4);;;3*1H;;;;;;;2*1H2/q;;;2*+2;;;;3*+1;+2;2*+1;;/p-11. The van der Waals surface area contributed by atoms with Crippen molar-refractivity contribution in [3.8, 4) is 0 Å². The third-order valence-corrected chi connectivity index (χ3v) is 1.25. The van der Waals surface area contributed by atoms with E-state index in [2.05, 4.69) is 0 Å². The summed E-state index contributed by atoms with van der Waals surface area (Å²) in [6, 6.07) is 0. The Labute approximate surface area is 460 Å². The van der Waals surface area contributed by atoms with E-state index in [-0.39, 0.29) is 360 Å². The van der Waals surface area contributed by atoms with Crippen LogP contribution in [0.15, 0.2) is 0 Å². The molecule has 0 bridgehead atoms. The van der Waals surface area contributed by atoms with Crippen LogP contribution in [0.2, 0.25) is 0 Å². The van der Waals surface area contributed by atoms with Crippen LogP contribution in [-0.4, -0.2) is 156 Å². The van der Waals surface area contributed by atoms with E-state index in [1.807, 2.05) is 0 Å². The smallest absolute Gasteiger partial charge is 1.00 e. The number of aliphatic carboxylic acids is 3. The van der Waals surface area contributed by atoms with Crippen molar-refractivity contribution in [2.75, 3.05) is 0 Å². The Hall–Kier alpha value is 7.89. The molecule has 0 aliphatic carbocycles. The molecular weight excluding hydrogens is 710 g/mol. The Bertz CT molecular complexity index is 418. The van der Waals surface area contributed by atoms with Crippen molar-refractivity contribution in [3.05, 3.63) is 0 Å². The molecular formula is C8H8Ca2Cl3K3MgNa2O15. The van der Waals surface area contributed by atoms with Crippen molar-refractivity contribution in [1.29, 1.82) is 0 Å². The first-order valence-corrected chi connectivity index (χ1v) is 4.36. The maximum Gasteiger partial charge on any atom is 2.00 e. The van der Waals surface area contributed by atoms with Crippen LogP contribution in [0.25, 0.3) is 0 Å². The van der Waals surface area contributed by atoms with Gasteiger partial charge in [0.15, 0.2) is 0 Å². The third-order valence-electron chi connectivity index (χ3n) is 1.25. The maximum atomic E-state index is 10.1. The first-order valence-electron chi connectivity index (χ1n) is 4.36. The molecule has 0 radical (unpaired) electrons. The van der Waals surface area contributed by atoms with Crippen LogP contribution in [0.1, 0.15) is 12.8 Å². The molecule has 0 aliphatic heterocycles. The number of halogens is 3. The number of hydrogen-bond acceptors (Lipinski definition) is 14. The number of carboxylic acid groups (broad SMARTS) is 7. The van der Waals surface area contributed by atoms with Gasteiger partial charge in [-0.2, -0.15) is 0 Å². The minimum Gasteiger partial charge on any atom is -1.00 e. The molecule has 26 heteroatoms. The summed E-state index contributed by atoms with van der Waals surface area (Å²) in [5, 5.41) is 70.9. The van der Waals surface area contributed by atoms with Crippen molar-refractivity contribution >= 4 is 129 Å². The predicted molar refractivity (Wildman–Crippen MR) is 63.8 cm³/mol. The largest absolute Gasteiger partial charge is 2.00 e. The van der Waals surface area contributed by atoms with Crippen molar-refractivity contribution in [1.82, 2.24) is 0 Å². The third kappa shape index (κ3) is 106. The van der Waals surface area contributed by atoms with Crippen LogP contribution >= 0.6 is 0 Å². The fourth-order valence-electron chi connectivity index (χ4n) is 0.684. The summed E-state index contributed by atoms with van der Waals surface area (Å²) in [6.45, 7) is 0. The van der Waals surface area contributed by atoms with E-state index in [1.54, 1.807) is 0 Å². The molecule has 0 aromatic carbocycles. The summed E-state index contributed by atoms with van der Waals surface area (Å²) < 4.78 is 0. The fraction of sp³-hybridized carbons (Fsp3) is 0.375. The normalized spacial score (nSPS) is 5.56. The summed E-state index contributed by atoms with van der Waals surface area (Å²) in [7, 11) is 0. The minimum absolute atomic E-state index is 0. The zero-order valence-corrected chi connectivity index (χ0v) is 40.4. The van der Waals surface area contributed by atoms with Crippen molar-refractivity contribution in [2.24, 2.45) is 0 Å². The van der Waals surface area contributed by atoms with Gasteiger partial charge in [0.05, 0.1) is 5.97 Å². The molecule has 0 unspecified atom stereocenters. The monoisotopic (exact) mass is 716 g/mol. The predicted octanol–water partition coefficient (Wildman–Crippen LogP) is -34.3. The number of carboxylic acids is 3.